The van der Waals surface area contributed by atoms with Crippen LogP contribution >= 0.6 is 35.7 Å². The van der Waals surface area contributed by atoms with Gasteiger partial charge in [0.1, 0.15) is 0 Å². The van der Waals surface area contributed by atoms with Crippen LogP contribution in [0.4, 0.5) is 5.69 Å². The highest BCUT2D eigenvalue weighted by molar-refractivity contribution is 14.0. The molecule has 0 bridgehead atoms. The van der Waals surface area contributed by atoms with Gasteiger partial charge < -0.3 is 10.6 Å². The fraction of sp³-hybridized carbons (Fsp3) is 0.533. The number of thioether (sulfide) groups is 1. The monoisotopic (exact) mass is 452 g/mol. The number of guanidine groups is 1. The Kier molecular flexibility index (Phi) is 12.8. The fourth-order valence-corrected chi connectivity index (χ4v) is 2.03. The summed E-state index contributed by atoms with van der Waals surface area (Å²) in [7, 11) is 0. The van der Waals surface area contributed by atoms with Gasteiger partial charge in [-0.25, -0.2) is 4.99 Å². The first-order valence-corrected chi connectivity index (χ1v) is 8.81. The Balaban J connectivity index is 0.00000484. The Hall–Kier alpha value is -1.03. The van der Waals surface area contributed by atoms with Gasteiger partial charge in [0.25, 0.3) is 5.69 Å². The summed E-state index contributed by atoms with van der Waals surface area (Å²) in [6.07, 6.45) is 4.30. The van der Waals surface area contributed by atoms with Crippen molar-refractivity contribution < 1.29 is 4.92 Å². The van der Waals surface area contributed by atoms with E-state index < -0.39 is 4.92 Å². The second kappa shape index (κ2) is 13.4. The van der Waals surface area contributed by atoms with Crippen LogP contribution in [0.1, 0.15) is 25.3 Å². The molecule has 8 heteroatoms. The van der Waals surface area contributed by atoms with Crippen LogP contribution in [0.2, 0.25) is 0 Å². The van der Waals surface area contributed by atoms with Gasteiger partial charge in [0, 0.05) is 31.0 Å². The standard InChI is InChI=1S/C15H24N4O2S.HI/c1-3-4-9-16-15(17-10-11-22-2)18-12-13-5-7-14(8-6-13)19(20)21;/h5-8H,3-4,9-12H2,1-2H3,(H2,16,17,18);1H. The van der Waals surface area contributed by atoms with E-state index in [1.165, 1.54) is 12.1 Å². The van der Waals surface area contributed by atoms with Crippen molar-refractivity contribution >= 4 is 47.4 Å². The molecule has 23 heavy (non-hydrogen) atoms. The van der Waals surface area contributed by atoms with Crippen molar-refractivity contribution in [2.75, 3.05) is 25.1 Å². The predicted molar refractivity (Wildman–Crippen MR) is 109 cm³/mol. The maximum Gasteiger partial charge on any atom is 0.269 e. The van der Waals surface area contributed by atoms with Crippen LogP contribution in [0.15, 0.2) is 29.3 Å². The highest BCUT2D eigenvalue weighted by atomic mass is 127. The van der Waals surface area contributed by atoms with Crippen molar-refractivity contribution in [3.05, 3.63) is 39.9 Å². The first-order chi connectivity index (χ1) is 10.7. The van der Waals surface area contributed by atoms with E-state index in [1.54, 1.807) is 23.9 Å². The van der Waals surface area contributed by atoms with Crippen LogP contribution in [0.25, 0.3) is 0 Å². The maximum atomic E-state index is 10.6. The summed E-state index contributed by atoms with van der Waals surface area (Å²) in [5.41, 5.74) is 1.05. The normalized spacial score (nSPS) is 10.8. The quantitative estimate of drug-likeness (QED) is 0.150. The van der Waals surface area contributed by atoms with Gasteiger partial charge in [0.15, 0.2) is 5.96 Å². The summed E-state index contributed by atoms with van der Waals surface area (Å²) in [5.74, 6) is 1.81. The molecule has 0 saturated heterocycles. The zero-order chi connectivity index (χ0) is 16.2. The third-order valence-corrected chi connectivity index (χ3v) is 3.60. The zero-order valence-corrected chi connectivity index (χ0v) is 16.7. The van der Waals surface area contributed by atoms with E-state index in [2.05, 4.69) is 28.8 Å². The van der Waals surface area contributed by atoms with Crippen molar-refractivity contribution in [1.82, 2.24) is 10.6 Å². The lowest BCUT2D eigenvalue weighted by Gasteiger charge is -2.12. The van der Waals surface area contributed by atoms with Crippen molar-refractivity contribution in [3.63, 3.8) is 0 Å². The number of benzene rings is 1. The third-order valence-electron chi connectivity index (χ3n) is 2.99. The molecule has 2 N–H and O–H groups in total. The highest BCUT2D eigenvalue weighted by Gasteiger charge is 2.04. The lowest BCUT2D eigenvalue weighted by molar-refractivity contribution is -0.384. The Bertz CT molecular complexity index is 471. The minimum atomic E-state index is -0.394. The summed E-state index contributed by atoms with van der Waals surface area (Å²) < 4.78 is 0. The predicted octanol–water partition coefficient (Wildman–Crippen LogP) is 3.41. The van der Waals surface area contributed by atoms with Crippen molar-refractivity contribution in [3.8, 4) is 0 Å². The molecule has 0 aromatic heterocycles. The van der Waals surface area contributed by atoms with E-state index in [9.17, 15) is 10.1 Å². The molecule has 0 aliphatic carbocycles. The van der Waals surface area contributed by atoms with E-state index in [1.807, 2.05) is 0 Å². The van der Waals surface area contributed by atoms with Crippen LogP contribution in [-0.4, -0.2) is 36.0 Å². The smallest absolute Gasteiger partial charge is 0.269 e. The van der Waals surface area contributed by atoms with E-state index in [0.29, 0.717) is 6.54 Å². The molecule has 0 unspecified atom stereocenters. The second-order valence-electron chi connectivity index (χ2n) is 4.79. The number of rotatable bonds is 9. The molecule has 0 saturated carbocycles. The highest BCUT2D eigenvalue weighted by Crippen LogP contribution is 2.12. The van der Waals surface area contributed by atoms with Gasteiger partial charge in [-0.1, -0.05) is 25.5 Å². The number of nitrogens with zero attached hydrogens (tertiary/aromatic N) is 2. The molecule has 0 heterocycles. The van der Waals surface area contributed by atoms with Gasteiger partial charge in [0.2, 0.25) is 0 Å². The molecule has 1 aromatic rings. The van der Waals surface area contributed by atoms with E-state index in [4.69, 9.17) is 0 Å². The van der Waals surface area contributed by atoms with Crippen LogP contribution in [0.3, 0.4) is 0 Å². The number of nitro groups is 1. The molecule has 6 nitrogen and oxygen atoms in total. The van der Waals surface area contributed by atoms with Crippen LogP contribution in [-0.2, 0) is 6.54 Å². The second-order valence-corrected chi connectivity index (χ2v) is 5.77. The van der Waals surface area contributed by atoms with Gasteiger partial charge in [-0.15, -0.1) is 24.0 Å². The van der Waals surface area contributed by atoms with Crippen LogP contribution in [0.5, 0.6) is 0 Å². The summed E-state index contributed by atoms with van der Waals surface area (Å²) in [6.45, 7) is 4.40. The van der Waals surface area contributed by atoms with Gasteiger partial charge in [-0.05, 0) is 18.2 Å². The lowest BCUT2D eigenvalue weighted by Crippen LogP contribution is -2.39. The SMILES string of the molecule is CCCCNC(=NCc1ccc([N+](=O)[O-])cc1)NCCSC.I. The Morgan fingerprint density at radius 3 is 2.48 bits per heavy atom. The Morgan fingerprint density at radius 1 is 1.26 bits per heavy atom. The Morgan fingerprint density at radius 2 is 1.91 bits per heavy atom. The van der Waals surface area contributed by atoms with Crippen LogP contribution < -0.4 is 10.6 Å². The van der Waals surface area contributed by atoms with E-state index in [0.717, 1.165) is 43.2 Å². The van der Waals surface area contributed by atoms with Crippen LogP contribution in [0, 0.1) is 10.1 Å². The average molecular weight is 452 g/mol. The Labute approximate surface area is 159 Å². The minimum Gasteiger partial charge on any atom is -0.356 e. The number of hydrogen-bond acceptors (Lipinski definition) is 4. The number of aliphatic imine (C=N–C) groups is 1. The molecule has 1 aromatic carbocycles. The van der Waals surface area contributed by atoms with Crippen molar-refractivity contribution in [1.29, 1.82) is 0 Å². The first kappa shape index (κ1) is 22.0. The molecule has 0 atom stereocenters. The lowest BCUT2D eigenvalue weighted by atomic mass is 10.2. The van der Waals surface area contributed by atoms with Gasteiger partial charge in [0.05, 0.1) is 11.5 Å². The first-order valence-electron chi connectivity index (χ1n) is 7.41. The van der Waals surface area contributed by atoms with Crippen molar-refractivity contribution in [2.24, 2.45) is 4.99 Å². The molecular formula is C15H25IN4O2S. The third kappa shape index (κ3) is 9.65. The molecule has 0 spiro atoms. The molecule has 1 rings (SSSR count). The molecular weight excluding hydrogens is 427 g/mol. The van der Waals surface area contributed by atoms with Gasteiger partial charge in [-0.3, -0.25) is 10.1 Å². The average Bonchev–Trinajstić information content (AvgIpc) is 2.53. The van der Waals surface area contributed by atoms with Crippen molar-refractivity contribution in [2.45, 2.75) is 26.3 Å². The number of hydrogen-bond donors (Lipinski definition) is 2. The summed E-state index contributed by atoms with van der Waals surface area (Å²) in [6, 6.07) is 6.51. The molecule has 0 aliphatic heterocycles. The minimum absolute atomic E-state index is 0. The maximum absolute atomic E-state index is 10.6. The number of nitro benzene ring substituents is 1. The van der Waals surface area contributed by atoms with Gasteiger partial charge >= 0.3 is 0 Å². The fourth-order valence-electron chi connectivity index (χ4n) is 1.72. The number of nitrogens with one attached hydrogen (secondary N) is 2. The van der Waals surface area contributed by atoms with E-state index >= 15 is 0 Å². The molecule has 130 valence electrons. The topological polar surface area (TPSA) is 79.6 Å². The van der Waals surface area contributed by atoms with Gasteiger partial charge in [-0.2, -0.15) is 11.8 Å². The summed E-state index contributed by atoms with van der Waals surface area (Å²) >= 11 is 1.78. The zero-order valence-electron chi connectivity index (χ0n) is 13.6. The molecule has 0 aliphatic rings. The largest absolute Gasteiger partial charge is 0.356 e. The number of halogens is 1. The summed E-state index contributed by atoms with van der Waals surface area (Å²) in [4.78, 5) is 14.8. The number of non-ortho nitro benzene ring substituents is 1. The number of unbranched alkanes of at least 4 members (excludes halogenated alkanes) is 1. The molecule has 0 amide bonds. The van der Waals surface area contributed by atoms with E-state index in [-0.39, 0.29) is 29.7 Å². The molecule has 0 radical (unpaired) electrons. The summed E-state index contributed by atoms with van der Waals surface area (Å²) in [5, 5.41) is 17.2. The molecule has 0 fully saturated rings.